The summed E-state index contributed by atoms with van der Waals surface area (Å²) in [4.78, 5) is 8.53. The van der Waals surface area contributed by atoms with Crippen LogP contribution in [-0.2, 0) is 6.54 Å². The molecule has 0 saturated carbocycles. The lowest BCUT2D eigenvalue weighted by Gasteiger charge is -2.08. The summed E-state index contributed by atoms with van der Waals surface area (Å²) in [6, 6.07) is 10.1. The second-order valence-corrected chi connectivity index (χ2v) is 4.05. The molecule has 0 aliphatic carbocycles. The molecule has 2 aromatic heterocycles. The Bertz CT molecular complexity index is 664. The molecule has 1 aromatic carbocycles. The van der Waals surface area contributed by atoms with Crippen LogP contribution in [0.5, 0.6) is 0 Å². The van der Waals surface area contributed by atoms with Gasteiger partial charge in [-0.25, -0.2) is 4.98 Å². The van der Waals surface area contributed by atoms with Gasteiger partial charge in [0.1, 0.15) is 5.82 Å². The molecule has 0 atom stereocenters. The van der Waals surface area contributed by atoms with Crippen molar-refractivity contribution in [1.29, 1.82) is 0 Å². The lowest BCUT2D eigenvalue weighted by atomic mass is 10.1. The second-order valence-electron chi connectivity index (χ2n) is 4.05. The van der Waals surface area contributed by atoms with Crippen LogP contribution in [0.15, 0.2) is 41.2 Å². The molecule has 0 fully saturated rings. The Morgan fingerprint density at radius 2 is 2.17 bits per heavy atom. The number of anilines is 1. The molecule has 0 unspecified atom stereocenters. The number of benzene rings is 1. The minimum Gasteiger partial charge on any atom is -0.362 e. The Kier molecular flexibility index (Phi) is 2.64. The van der Waals surface area contributed by atoms with E-state index in [4.69, 9.17) is 0 Å². The van der Waals surface area contributed by atoms with Gasteiger partial charge in [-0.1, -0.05) is 23.4 Å². The van der Waals surface area contributed by atoms with Crippen molar-refractivity contribution in [1.82, 2.24) is 15.1 Å². The first kappa shape index (κ1) is 10.7. The van der Waals surface area contributed by atoms with E-state index in [9.17, 15) is 0 Å². The van der Waals surface area contributed by atoms with Gasteiger partial charge in [0.25, 0.3) is 0 Å². The van der Waals surface area contributed by atoms with Crippen LogP contribution < -0.4 is 5.32 Å². The third-order valence-corrected chi connectivity index (χ3v) is 2.74. The van der Waals surface area contributed by atoms with Crippen molar-refractivity contribution in [3.63, 3.8) is 0 Å². The molecular formula is C13H12N4O. The smallest absolute Gasteiger partial charge is 0.213 e. The molecule has 90 valence electrons. The lowest BCUT2D eigenvalue weighted by molar-refractivity contribution is 0.411. The highest BCUT2D eigenvalue weighted by Gasteiger charge is 2.04. The van der Waals surface area contributed by atoms with E-state index in [-0.39, 0.29) is 0 Å². The first-order valence-electron chi connectivity index (χ1n) is 5.68. The normalized spacial score (nSPS) is 10.7. The van der Waals surface area contributed by atoms with E-state index >= 15 is 0 Å². The van der Waals surface area contributed by atoms with Gasteiger partial charge in [0.05, 0.1) is 12.1 Å². The van der Waals surface area contributed by atoms with Crippen molar-refractivity contribution < 1.29 is 4.52 Å². The number of nitrogens with zero attached hydrogens (tertiary/aromatic N) is 3. The molecule has 0 spiro atoms. The number of aryl methyl sites for hydroxylation is 1. The minimum atomic E-state index is 0.503. The van der Waals surface area contributed by atoms with Crippen molar-refractivity contribution in [2.45, 2.75) is 13.5 Å². The zero-order valence-electron chi connectivity index (χ0n) is 9.92. The molecule has 0 aliphatic rings. The fourth-order valence-electron chi connectivity index (χ4n) is 1.83. The average Bonchev–Trinajstić information content (AvgIpc) is 2.89. The number of nitrogens with one attached hydrogen (secondary N) is 1. The topological polar surface area (TPSA) is 63.8 Å². The average molecular weight is 240 g/mol. The van der Waals surface area contributed by atoms with Gasteiger partial charge in [-0.05, 0) is 24.6 Å². The summed E-state index contributed by atoms with van der Waals surface area (Å²) >= 11 is 0. The number of para-hydroxylation sites is 1. The Balaban J connectivity index is 1.89. The third kappa shape index (κ3) is 2.02. The minimum absolute atomic E-state index is 0.503. The summed E-state index contributed by atoms with van der Waals surface area (Å²) in [5.41, 5.74) is 2.07. The van der Waals surface area contributed by atoms with Gasteiger partial charge >= 0.3 is 0 Å². The number of hydrogen-bond donors (Lipinski definition) is 1. The van der Waals surface area contributed by atoms with Crippen LogP contribution in [0.3, 0.4) is 0 Å². The maximum absolute atomic E-state index is 4.68. The Labute approximate surface area is 104 Å². The van der Waals surface area contributed by atoms with Gasteiger partial charge in [-0.15, -0.1) is 0 Å². The molecule has 5 nitrogen and oxygen atoms in total. The summed E-state index contributed by atoms with van der Waals surface area (Å²) in [5, 5.41) is 8.10. The number of aromatic nitrogens is 3. The number of pyridine rings is 1. The first-order valence-corrected chi connectivity index (χ1v) is 5.68. The molecule has 0 bridgehead atoms. The predicted molar refractivity (Wildman–Crippen MR) is 68.1 cm³/mol. The van der Waals surface area contributed by atoms with Crippen LogP contribution in [0.25, 0.3) is 10.9 Å². The van der Waals surface area contributed by atoms with Crippen LogP contribution in [0.1, 0.15) is 11.4 Å². The van der Waals surface area contributed by atoms with Crippen molar-refractivity contribution >= 4 is 16.7 Å². The van der Waals surface area contributed by atoms with Crippen molar-refractivity contribution in [3.05, 3.63) is 48.1 Å². The summed E-state index contributed by atoms with van der Waals surface area (Å²) < 4.78 is 4.68. The van der Waals surface area contributed by atoms with Gasteiger partial charge in [-0.3, -0.25) is 0 Å². The molecule has 2 heterocycles. The van der Waals surface area contributed by atoms with E-state index < -0.39 is 0 Å². The van der Waals surface area contributed by atoms with Crippen LogP contribution in [0, 0.1) is 6.92 Å². The molecule has 0 radical (unpaired) electrons. The standard InChI is InChI=1S/C13H12N4O/c1-9-6-10-4-2-3-5-11(10)16-13(9)14-7-12-15-8-18-17-12/h2-6,8H,7H2,1H3,(H,14,16). The molecule has 0 saturated heterocycles. The number of hydrogen-bond acceptors (Lipinski definition) is 5. The number of rotatable bonds is 3. The van der Waals surface area contributed by atoms with Crippen LogP contribution >= 0.6 is 0 Å². The summed E-state index contributed by atoms with van der Waals surface area (Å²) in [6.45, 7) is 2.53. The molecule has 0 amide bonds. The van der Waals surface area contributed by atoms with Crippen molar-refractivity contribution in [2.24, 2.45) is 0 Å². The van der Waals surface area contributed by atoms with E-state index in [1.807, 2.05) is 25.1 Å². The van der Waals surface area contributed by atoms with Gasteiger partial charge in [0.2, 0.25) is 6.39 Å². The van der Waals surface area contributed by atoms with Crippen molar-refractivity contribution in [3.8, 4) is 0 Å². The van der Waals surface area contributed by atoms with Crippen LogP contribution in [0.4, 0.5) is 5.82 Å². The third-order valence-electron chi connectivity index (χ3n) is 2.74. The summed E-state index contributed by atoms with van der Waals surface area (Å²) in [6.07, 6.45) is 1.32. The maximum atomic E-state index is 4.68. The highest BCUT2D eigenvalue weighted by Crippen LogP contribution is 2.19. The first-order chi connectivity index (χ1) is 8.83. The van der Waals surface area contributed by atoms with Gasteiger partial charge in [0, 0.05) is 5.39 Å². The zero-order chi connectivity index (χ0) is 12.4. The fraction of sp³-hybridized carbons (Fsp3) is 0.154. The largest absolute Gasteiger partial charge is 0.362 e. The van der Waals surface area contributed by atoms with Crippen LogP contribution in [-0.4, -0.2) is 15.1 Å². The van der Waals surface area contributed by atoms with Crippen molar-refractivity contribution in [2.75, 3.05) is 5.32 Å². The zero-order valence-corrected chi connectivity index (χ0v) is 9.92. The van der Waals surface area contributed by atoms with E-state index in [2.05, 4.69) is 37.1 Å². The molecule has 3 rings (SSSR count). The van der Waals surface area contributed by atoms with Gasteiger partial charge in [0.15, 0.2) is 5.82 Å². The lowest BCUT2D eigenvalue weighted by Crippen LogP contribution is -2.04. The predicted octanol–water partition coefficient (Wildman–Crippen LogP) is 2.54. The summed E-state index contributed by atoms with van der Waals surface area (Å²) in [5.74, 6) is 1.46. The Morgan fingerprint density at radius 3 is 3.00 bits per heavy atom. The van der Waals surface area contributed by atoms with E-state index in [0.29, 0.717) is 12.4 Å². The highest BCUT2D eigenvalue weighted by atomic mass is 16.5. The molecule has 5 heteroatoms. The quantitative estimate of drug-likeness (QED) is 0.762. The van der Waals surface area contributed by atoms with E-state index in [1.165, 1.54) is 6.39 Å². The van der Waals surface area contributed by atoms with E-state index in [0.717, 1.165) is 22.3 Å². The molecular weight excluding hydrogens is 228 g/mol. The van der Waals surface area contributed by atoms with Crippen LogP contribution in [0.2, 0.25) is 0 Å². The highest BCUT2D eigenvalue weighted by molar-refractivity contribution is 5.81. The molecule has 18 heavy (non-hydrogen) atoms. The maximum Gasteiger partial charge on any atom is 0.213 e. The molecule has 3 aromatic rings. The summed E-state index contributed by atoms with van der Waals surface area (Å²) in [7, 11) is 0. The fourth-order valence-corrected chi connectivity index (χ4v) is 1.83. The molecule has 0 aliphatic heterocycles. The van der Waals surface area contributed by atoms with E-state index in [1.54, 1.807) is 0 Å². The monoisotopic (exact) mass is 240 g/mol. The Morgan fingerprint density at radius 1 is 1.28 bits per heavy atom. The SMILES string of the molecule is Cc1cc2ccccc2nc1NCc1ncon1. The number of fused-ring (bicyclic) bond motifs is 1. The Hall–Kier alpha value is -2.43. The van der Waals surface area contributed by atoms with Gasteiger partial charge < -0.3 is 9.84 Å². The van der Waals surface area contributed by atoms with Gasteiger partial charge in [-0.2, -0.15) is 4.98 Å². The second kappa shape index (κ2) is 4.44. The molecule has 1 N–H and O–H groups in total.